The van der Waals surface area contributed by atoms with Gasteiger partial charge in [-0.25, -0.2) is 0 Å². The van der Waals surface area contributed by atoms with Crippen LogP contribution < -0.4 is 0 Å². The minimum absolute atomic E-state index is 0.413. The summed E-state index contributed by atoms with van der Waals surface area (Å²) in [7, 11) is 0. The molecule has 2 N–H and O–H groups in total. The average Bonchev–Trinajstić information content (AvgIpc) is 2.53. The Bertz CT molecular complexity index is 448. The molecule has 0 bridgehead atoms. The molecule has 23 heavy (non-hydrogen) atoms. The lowest BCUT2D eigenvalue weighted by atomic mass is 10.0. The first-order valence-electron chi connectivity index (χ1n) is 8.31. The standard InChI is InChI=1S/C18H26Cl2O3/c19-15-12-10-14(11-13-15)17(21)9-7-5-3-1-2-4-6-8-16(20)18(22)23/h10-13,16-17,21H,1-9H2,(H,22,23). The van der Waals surface area contributed by atoms with Crippen LogP contribution in [0.5, 0.6) is 0 Å². The maximum absolute atomic E-state index is 10.6. The second-order valence-electron chi connectivity index (χ2n) is 5.93. The van der Waals surface area contributed by atoms with E-state index in [2.05, 4.69) is 0 Å². The molecule has 3 nitrogen and oxygen atoms in total. The maximum Gasteiger partial charge on any atom is 0.321 e. The molecule has 0 fully saturated rings. The van der Waals surface area contributed by atoms with Gasteiger partial charge in [-0.05, 0) is 30.5 Å². The summed E-state index contributed by atoms with van der Waals surface area (Å²) in [6.45, 7) is 0. The summed E-state index contributed by atoms with van der Waals surface area (Å²) in [6, 6.07) is 7.34. The molecule has 0 aliphatic heterocycles. The van der Waals surface area contributed by atoms with E-state index in [4.69, 9.17) is 28.3 Å². The van der Waals surface area contributed by atoms with Gasteiger partial charge in [-0.1, -0.05) is 68.7 Å². The average molecular weight is 361 g/mol. The molecule has 0 saturated heterocycles. The van der Waals surface area contributed by atoms with Crippen molar-refractivity contribution in [2.75, 3.05) is 0 Å². The molecule has 0 aliphatic rings. The Labute approximate surface area is 148 Å². The third kappa shape index (κ3) is 9.19. The minimum Gasteiger partial charge on any atom is -0.480 e. The Morgan fingerprint density at radius 3 is 1.91 bits per heavy atom. The number of alkyl halides is 1. The Balaban J connectivity index is 1.97. The summed E-state index contributed by atoms with van der Waals surface area (Å²) < 4.78 is 0. The topological polar surface area (TPSA) is 57.5 Å². The molecule has 0 spiro atoms. The first kappa shape index (κ1) is 20.3. The molecule has 130 valence electrons. The maximum atomic E-state index is 10.6. The molecule has 2 atom stereocenters. The molecule has 1 aromatic carbocycles. The van der Waals surface area contributed by atoms with E-state index in [1.165, 1.54) is 0 Å². The lowest BCUT2D eigenvalue weighted by Gasteiger charge is -2.11. The molecular formula is C18H26Cl2O3. The smallest absolute Gasteiger partial charge is 0.321 e. The van der Waals surface area contributed by atoms with Crippen molar-refractivity contribution in [3.63, 3.8) is 0 Å². The van der Waals surface area contributed by atoms with E-state index < -0.39 is 17.5 Å². The fourth-order valence-electron chi connectivity index (χ4n) is 2.52. The molecule has 1 rings (SSSR count). The number of aliphatic hydroxyl groups is 1. The van der Waals surface area contributed by atoms with Gasteiger partial charge in [0.2, 0.25) is 0 Å². The van der Waals surface area contributed by atoms with E-state index >= 15 is 0 Å². The van der Waals surface area contributed by atoms with Gasteiger partial charge in [-0.15, -0.1) is 11.6 Å². The van der Waals surface area contributed by atoms with Crippen LogP contribution in [0, 0.1) is 0 Å². The Morgan fingerprint density at radius 2 is 1.39 bits per heavy atom. The number of halogens is 2. The Morgan fingerprint density at radius 1 is 0.913 bits per heavy atom. The second-order valence-corrected chi connectivity index (χ2v) is 6.89. The molecule has 0 aromatic heterocycles. The number of carboxylic acids is 1. The van der Waals surface area contributed by atoms with Crippen molar-refractivity contribution in [3.8, 4) is 0 Å². The lowest BCUT2D eigenvalue weighted by molar-refractivity contribution is -0.136. The molecule has 1 aromatic rings. The van der Waals surface area contributed by atoms with E-state index in [9.17, 15) is 9.90 Å². The van der Waals surface area contributed by atoms with E-state index in [1.807, 2.05) is 12.1 Å². The van der Waals surface area contributed by atoms with Gasteiger partial charge in [0.25, 0.3) is 0 Å². The number of carboxylic acid groups (broad SMARTS) is 1. The minimum atomic E-state index is -0.925. The van der Waals surface area contributed by atoms with Crippen molar-refractivity contribution in [3.05, 3.63) is 34.9 Å². The highest BCUT2D eigenvalue weighted by Crippen LogP contribution is 2.22. The second kappa shape index (κ2) is 11.7. The normalized spacial score (nSPS) is 13.7. The predicted molar refractivity (Wildman–Crippen MR) is 95.2 cm³/mol. The third-order valence-electron chi connectivity index (χ3n) is 3.96. The highest BCUT2D eigenvalue weighted by Gasteiger charge is 2.12. The van der Waals surface area contributed by atoms with Crippen molar-refractivity contribution in [1.29, 1.82) is 0 Å². The number of hydrogen-bond acceptors (Lipinski definition) is 2. The van der Waals surface area contributed by atoms with Crippen LogP contribution in [0.4, 0.5) is 0 Å². The molecule has 0 radical (unpaired) electrons. The Hall–Kier alpha value is -0.770. The van der Waals surface area contributed by atoms with Crippen LogP contribution in [0.1, 0.15) is 69.5 Å². The number of benzene rings is 1. The van der Waals surface area contributed by atoms with Crippen molar-refractivity contribution in [1.82, 2.24) is 0 Å². The van der Waals surface area contributed by atoms with Crippen molar-refractivity contribution < 1.29 is 15.0 Å². The number of hydrogen-bond donors (Lipinski definition) is 2. The largest absolute Gasteiger partial charge is 0.480 e. The first-order valence-corrected chi connectivity index (χ1v) is 9.12. The summed E-state index contributed by atoms with van der Waals surface area (Å²) in [6.07, 6.45) is 8.34. The molecule has 0 aliphatic carbocycles. The molecule has 0 amide bonds. The van der Waals surface area contributed by atoms with Gasteiger partial charge < -0.3 is 10.2 Å². The molecule has 5 heteroatoms. The van der Waals surface area contributed by atoms with Crippen LogP contribution in [0.25, 0.3) is 0 Å². The van der Waals surface area contributed by atoms with E-state index in [1.54, 1.807) is 12.1 Å². The number of aliphatic hydroxyl groups excluding tert-OH is 1. The quantitative estimate of drug-likeness (QED) is 0.378. The van der Waals surface area contributed by atoms with Gasteiger partial charge >= 0.3 is 5.97 Å². The Kier molecular flexibility index (Phi) is 10.3. The van der Waals surface area contributed by atoms with Gasteiger partial charge in [-0.3, -0.25) is 4.79 Å². The lowest BCUT2D eigenvalue weighted by Crippen LogP contribution is -2.12. The van der Waals surface area contributed by atoms with E-state index in [0.717, 1.165) is 56.9 Å². The fourth-order valence-corrected chi connectivity index (χ4v) is 2.80. The van der Waals surface area contributed by atoms with Crippen LogP contribution in [0.2, 0.25) is 5.02 Å². The molecular weight excluding hydrogens is 335 g/mol. The van der Waals surface area contributed by atoms with Gasteiger partial charge in [0.15, 0.2) is 0 Å². The molecule has 0 heterocycles. The summed E-state index contributed by atoms with van der Waals surface area (Å²) in [5.41, 5.74) is 0.920. The van der Waals surface area contributed by atoms with Crippen molar-refractivity contribution in [2.24, 2.45) is 0 Å². The number of rotatable bonds is 12. The monoisotopic (exact) mass is 360 g/mol. The van der Waals surface area contributed by atoms with Crippen LogP contribution in [-0.4, -0.2) is 21.6 Å². The van der Waals surface area contributed by atoms with Crippen molar-refractivity contribution in [2.45, 2.75) is 69.3 Å². The highest BCUT2D eigenvalue weighted by atomic mass is 35.5. The van der Waals surface area contributed by atoms with Gasteiger partial charge in [-0.2, -0.15) is 0 Å². The van der Waals surface area contributed by atoms with Crippen LogP contribution >= 0.6 is 23.2 Å². The molecule has 0 saturated carbocycles. The highest BCUT2D eigenvalue weighted by molar-refractivity contribution is 6.30. The zero-order valence-electron chi connectivity index (χ0n) is 13.4. The van der Waals surface area contributed by atoms with Gasteiger partial charge in [0.1, 0.15) is 5.38 Å². The van der Waals surface area contributed by atoms with Crippen LogP contribution in [0.3, 0.4) is 0 Å². The third-order valence-corrected chi connectivity index (χ3v) is 4.61. The predicted octanol–water partition coefficient (Wildman–Crippen LogP) is 5.58. The van der Waals surface area contributed by atoms with Gasteiger partial charge in [0.05, 0.1) is 6.10 Å². The van der Waals surface area contributed by atoms with E-state index in [-0.39, 0.29) is 0 Å². The zero-order chi connectivity index (χ0) is 17.1. The van der Waals surface area contributed by atoms with Gasteiger partial charge in [0, 0.05) is 5.02 Å². The van der Waals surface area contributed by atoms with Crippen LogP contribution in [-0.2, 0) is 4.79 Å². The SMILES string of the molecule is O=C(O)C(Cl)CCCCCCCCCC(O)c1ccc(Cl)cc1. The summed E-state index contributed by atoms with van der Waals surface area (Å²) in [4.78, 5) is 10.6. The summed E-state index contributed by atoms with van der Waals surface area (Å²) >= 11 is 11.5. The zero-order valence-corrected chi connectivity index (χ0v) is 14.9. The first-order chi connectivity index (χ1) is 11.0. The number of aliphatic carboxylic acids is 1. The fraction of sp³-hybridized carbons (Fsp3) is 0.611. The number of carbonyl (C=O) groups is 1. The van der Waals surface area contributed by atoms with Crippen LogP contribution in [0.15, 0.2) is 24.3 Å². The van der Waals surface area contributed by atoms with E-state index in [0.29, 0.717) is 11.4 Å². The van der Waals surface area contributed by atoms with Crippen molar-refractivity contribution >= 4 is 29.2 Å². The summed E-state index contributed by atoms with van der Waals surface area (Å²) in [5.74, 6) is -0.925. The summed E-state index contributed by atoms with van der Waals surface area (Å²) in [5, 5.41) is 18.7. The number of unbranched alkanes of at least 4 members (excludes halogenated alkanes) is 6. The molecule has 2 unspecified atom stereocenters.